The van der Waals surface area contributed by atoms with Crippen molar-refractivity contribution in [3.05, 3.63) is 48.5 Å². The molecule has 0 spiro atoms. The molecule has 0 N–H and O–H groups in total. The molecule has 5 rings (SSSR count). The third-order valence-corrected chi connectivity index (χ3v) is 6.69. The summed E-state index contributed by atoms with van der Waals surface area (Å²) in [6, 6.07) is 15.7. The maximum Gasteiger partial charge on any atom is 0.242 e. The number of amides is 2. The lowest BCUT2D eigenvalue weighted by Crippen LogP contribution is -2.52. The van der Waals surface area contributed by atoms with E-state index in [9.17, 15) is 9.59 Å². The van der Waals surface area contributed by atoms with Crippen molar-refractivity contribution < 1.29 is 14.3 Å². The molecule has 2 fully saturated rings. The molecule has 0 bridgehead atoms. The molecule has 166 valence electrons. The highest BCUT2D eigenvalue weighted by atomic mass is 16.5. The monoisotopic (exact) mass is 432 g/mol. The van der Waals surface area contributed by atoms with Crippen molar-refractivity contribution in [1.29, 1.82) is 0 Å². The molecule has 1 saturated carbocycles. The molecule has 2 amide bonds. The highest BCUT2D eigenvalue weighted by molar-refractivity contribution is 6.16. The zero-order chi connectivity index (χ0) is 22.1. The number of rotatable bonds is 4. The van der Waals surface area contributed by atoms with Gasteiger partial charge in [-0.2, -0.15) is 0 Å². The summed E-state index contributed by atoms with van der Waals surface area (Å²) < 4.78 is 5.23. The van der Waals surface area contributed by atoms with E-state index in [1.807, 2.05) is 53.4 Å². The minimum absolute atomic E-state index is 0.0102. The van der Waals surface area contributed by atoms with Crippen LogP contribution in [-0.4, -0.2) is 62.3 Å². The van der Waals surface area contributed by atoms with Gasteiger partial charge in [0, 0.05) is 37.6 Å². The number of ether oxygens (including phenoxy) is 1. The van der Waals surface area contributed by atoms with Gasteiger partial charge in [0.05, 0.1) is 24.4 Å². The molecule has 2 aromatic rings. The molecule has 3 aliphatic rings. The van der Waals surface area contributed by atoms with Crippen molar-refractivity contribution in [2.24, 2.45) is 10.9 Å². The van der Waals surface area contributed by atoms with Crippen LogP contribution in [0.5, 0.6) is 5.75 Å². The Kier molecular flexibility index (Phi) is 5.55. The largest absolute Gasteiger partial charge is 0.497 e. The van der Waals surface area contributed by atoms with Crippen LogP contribution in [0.25, 0.3) is 0 Å². The normalized spacial score (nSPS) is 20.4. The number of para-hydroxylation sites is 2. The van der Waals surface area contributed by atoms with Gasteiger partial charge in [0.1, 0.15) is 12.3 Å². The first-order valence-corrected chi connectivity index (χ1v) is 11.3. The molecule has 1 unspecified atom stereocenters. The van der Waals surface area contributed by atoms with Gasteiger partial charge in [0.15, 0.2) is 0 Å². The van der Waals surface area contributed by atoms with Crippen LogP contribution in [0, 0.1) is 5.92 Å². The number of hydrogen-bond acceptors (Lipinski definition) is 5. The van der Waals surface area contributed by atoms with Gasteiger partial charge in [-0.25, -0.2) is 0 Å². The Bertz CT molecular complexity index is 1040. The Labute approximate surface area is 188 Å². The molecule has 7 nitrogen and oxygen atoms in total. The Balaban J connectivity index is 1.27. The average molecular weight is 433 g/mol. The van der Waals surface area contributed by atoms with E-state index in [1.54, 1.807) is 12.0 Å². The summed E-state index contributed by atoms with van der Waals surface area (Å²) in [7, 11) is 1.66. The molecular weight excluding hydrogens is 404 g/mol. The van der Waals surface area contributed by atoms with Crippen LogP contribution in [0.2, 0.25) is 0 Å². The number of fused-ring (bicyclic) bond motifs is 2. The highest BCUT2D eigenvalue weighted by Crippen LogP contribution is 2.37. The summed E-state index contributed by atoms with van der Waals surface area (Å²) in [5.74, 6) is 0.641. The van der Waals surface area contributed by atoms with E-state index >= 15 is 0 Å². The van der Waals surface area contributed by atoms with Gasteiger partial charge in [0.25, 0.3) is 0 Å². The SMILES string of the molecule is COc1ccc(N2CCN(C(=O)CN3C(=O)C4CCCC4=Nc4ccccc43)CC2)cc1. The van der Waals surface area contributed by atoms with Crippen LogP contribution in [0.3, 0.4) is 0 Å². The molecule has 32 heavy (non-hydrogen) atoms. The Morgan fingerprint density at radius 1 is 1.06 bits per heavy atom. The number of benzene rings is 2. The van der Waals surface area contributed by atoms with Crippen molar-refractivity contribution in [1.82, 2.24) is 4.90 Å². The van der Waals surface area contributed by atoms with Gasteiger partial charge in [-0.15, -0.1) is 0 Å². The van der Waals surface area contributed by atoms with Crippen LogP contribution in [0.15, 0.2) is 53.5 Å². The van der Waals surface area contributed by atoms with Gasteiger partial charge in [0.2, 0.25) is 11.8 Å². The molecule has 1 aliphatic carbocycles. The molecular formula is C25H28N4O3. The number of anilines is 2. The molecule has 2 aliphatic heterocycles. The van der Waals surface area contributed by atoms with Crippen molar-refractivity contribution >= 4 is 34.6 Å². The first-order chi connectivity index (χ1) is 15.6. The van der Waals surface area contributed by atoms with Crippen LogP contribution < -0.4 is 14.5 Å². The lowest BCUT2D eigenvalue weighted by atomic mass is 10.1. The maximum absolute atomic E-state index is 13.4. The molecule has 7 heteroatoms. The van der Waals surface area contributed by atoms with Gasteiger partial charge in [-0.1, -0.05) is 12.1 Å². The molecule has 2 heterocycles. The van der Waals surface area contributed by atoms with Gasteiger partial charge in [-0.3, -0.25) is 14.6 Å². The highest BCUT2D eigenvalue weighted by Gasteiger charge is 2.37. The first-order valence-electron chi connectivity index (χ1n) is 11.3. The topological polar surface area (TPSA) is 65.5 Å². The van der Waals surface area contributed by atoms with Crippen LogP contribution >= 0.6 is 0 Å². The van der Waals surface area contributed by atoms with Gasteiger partial charge < -0.3 is 19.4 Å². The Morgan fingerprint density at radius 3 is 2.56 bits per heavy atom. The van der Waals surface area contributed by atoms with E-state index in [1.165, 1.54) is 0 Å². The average Bonchev–Trinajstić information content (AvgIpc) is 3.27. The summed E-state index contributed by atoms with van der Waals surface area (Å²) in [6.45, 7) is 2.87. The minimum atomic E-state index is -0.192. The molecule has 0 aromatic heterocycles. The van der Waals surface area contributed by atoms with Gasteiger partial charge >= 0.3 is 0 Å². The number of carbonyl (C=O) groups is 2. The van der Waals surface area contributed by atoms with Crippen molar-refractivity contribution in [2.45, 2.75) is 19.3 Å². The zero-order valence-electron chi connectivity index (χ0n) is 18.4. The van der Waals surface area contributed by atoms with E-state index < -0.39 is 0 Å². The molecule has 1 atom stereocenters. The van der Waals surface area contributed by atoms with Crippen molar-refractivity contribution in [3.63, 3.8) is 0 Å². The van der Waals surface area contributed by atoms with Crippen LogP contribution in [-0.2, 0) is 9.59 Å². The fourth-order valence-electron chi connectivity index (χ4n) is 4.88. The number of nitrogens with zero attached hydrogens (tertiary/aromatic N) is 4. The van der Waals surface area contributed by atoms with Crippen molar-refractivity contribution in [2.75, 3.05) is 49.6 Å². The zero-order valence-corrected chi connectivity index (χ0v) is 18.4. The quantitative estimate of drug-likeness (QED) is 0.744. The second-order valence-corrected chi connectivity index (χ2v) is 8.53. The van der Waals surface area contributed by atoms with Crippen molar-refractivity contribution in [3.8, 4) is 5.75 Å². The Morgan fingerprint density at radius 2 is 1.81 bits per heavy atom. The predicted octanol–water partition coefficient (Wildman–Crippen LogP) is 3.26. The van der Waals surface area contributed by atoms with E-state index in [4.69, 9.17) is 9.73 Å². The van der Waals surface area contributed by atoms with Crippen LogP contribution in [0.4, 0.5) is 17.1 Å². The lowest BCUT2D eigenvalue weighted by molar-refractivity contribution is -0.132. The number of aliphatic imine (C=N–C) groups is 1. The molecule has 1 saturated heterocycles. The molecule has 0 radical (unpaired) electrons. The molecule has 2 aromatic carbocycles. The summed E-state index contributed by atoms with van der Waals surface area (Å²) >= 11 is 0. The van der Waals surface area contributed by atoms with Gasteiger partial charge in [-0.05, 0) is 55.7 Å². The Hall–Kier alpha value is -3.35. The predicted molar refractivity (Wildman–Crippen MR) is 125 cm³/mol. The van der Waals surface area contributed by atoms with E-state index in [0.717, 1.165) is 60.9 Å². The number of hydrogen-bond donors (Lipinski definition) is 0. The number of piperazine rings is 1. The fourth-order valence-corrected chi connectivity index (χ4v) is 4.88. The smallest absolute Gasteiger partial charge is 0.242 e. The standard InChI is InChI=1S/C25H28N4O3/c1-32-19-11-9-18(10-12-19)27-13-15-28(16-14-27)24(30)17-29-23-8-3-2-6-22(23)26-21-7-4-5-20(21)25(29)31/h2-3,6,8-12,20H,4-5,7,13-17H2,1H3. The summed E-state index contributed by atoms with van der Waals surface area (Å²) in [5.41, 5.74) is 3.62. The lowest BCUT2D eigenvalue weighted by Gasteiger charge is -2.37. The summed E-state index contributed by atoms with van der Waals surface area (Å²) in [4.78, 5) is 37.2. The summed E-state index contributed by atoms with van der Waals surface area (Å²) in [5, 5.41) is 0. The van der Waals surface area contributed by atoms with E-state index in [0.29, 0.717) is 13.1 Å². The first kappa shape index (κ1) is 20.5. The van der Waals surface area contributed by atoms with E-state index in [2.05, 4.69) is 4.90 Å². The number of carbonyl (C=O) groups excluding carboxylic acids is 2. The maximum atomic E-state index is 13.4. The van der Waals surface area contributed by atoms with Crippen LogP contribution in [0.1, 0.15) is 19.3 Å². The van der Waals surface area contributed by atoms with E-state index in [-0.39, 0.29) is 24.3 Å². The second kappa shape index (κ2) is 8.65. The third-order valence-electron chi connectivity index (χ3n) is 6.69. The second-order valence-electron chi connectivity index (χ2n) is 8.53. The minimum Gasteiger partial charge on any atom is -0.497 e. The summed E-state index contributed by atoms with van der Waals surface area (Å²) in [6.07, 6.45) is 2.66. The number of methoxy groups -OCH3 is 1. The fraction of sp³-hybridized carbons (Fsp3) is 0.400. The third kappa shape index (κ3) is 3.83.